The van der Waals surface area contributed by atoms with Gasteiger partial charge in [-0.15, -0.1) is 11.3 Å². The van der Waals surface area contributed by atoms with E-state index in [1.807, 2.05) is 25.1 Å². The molecule has 1 saturated heterocycles. The molecule has 2 aromatic rings. The highest BCUT2D eigenvalue weighted by molar-refractivity contribution is 7.10. The fourth-order valence-electron chi connectivity index (χ4n) is 3.35. The molecule has 24 heavy (non-hydrogen) atoms. The zero-order valence-corrected chi connectivity index (χ0v) is 15.1. The number of ether oxygens (including phenoxy) is 1. The Morgan fingerprint density at radius 1 is 1.33 bits per heavy atom. The zero-order chi connectivity index (χ0) is 17.3. The number of methoxy groups -OCH3 is 1. The van der Waals surface area contributed by atoms with Crippen LogP contribution < -0.4 is 4.74 Å². The molecule has 0 aliphatic carbocycles. The van der Waals surface area contributed by atoms with E-state index in [-0.39, 0.29) is 11.8 Å². The number of aliphatic hydroxyl groups excluding tert-OH is 1. The molecule has 5 heteroatoms. The summed E-state index contributed by atoms with van der Waals surface area (Å²) in [6.45, 7) is 5.04. The quantitative estimate of drug-likeness (QED) is 0.928. The topological polar surface area (TPSA) is 49.8 Å². The van der Waals surface area contributed by atoms with Gasteiger partial charge in [-0.1, -0.05) is 11.6 Å². The van der Waals surface area contributed by atoms with Crippen LogP contribution in [0.5, 0.6) is 5.75 Å². The average molecular weight is 345 g/mol. The van der Waals surface area contributed by atoms with Gasteiger partial charge < -0.3 is 14.7 Å². The van der Waals surface area contributed by atoms with Crippen LogP contribution in [0.3, 0.4) is 0 Å². The lowest BCUT2D eigenvalue weighted by Crippen LogP contribution is -2.45. The number of thiophene rings is 1. The normalized spacial score (nSPS) is 20.9. The van der Waals surface area contributed by atoms with Gasteiger partial charge in [-0.05, 0) is 49.4 Å². The highest BCUT2D eigenvalue weighted by atomic mass is 32.1. The maximum atomic E-state index is 12.9. The van der Waals surface area contributed by atoms with Gasteiger partial charge in [0.2, 0.25) is 0 Å². The summed E-state index contributed by atoms with van der Waals surface area (Å²) in [5.74, 6) is 0.626. The molecule has 0 saturated carbocycles. The first kappa shape index (κ1) is 17.0. The molecule has 2 heterocycles. The van der Waals surface area contributed by atoms with Crippen molar-refractivity contribution in [2.24, 2.45) is 0 Å². The second kappa shape index (κ2) is 6.95. The number of benzene rings is 1. The van der Waals surface area contributed by atoms with Gasteiger partial charge in [0.1, 0.15) is 5.75 Å². The van der Waals surface area contributed by atoms with E-state index in [1.54, 1.807) is 23.3 Å². The van der Waals surface area contributed by atoms with Crippen molar-refractivity contribution in [2.45, 2.75) is 32.3 Å². The number of aryl methyl sites for hydroxylation is 2. The van der Waals surface area contributed by atoms with Crippen LogP contribution in [0, 0.1) is 13.8 Å². The van der Waals surface area contributed by atoms with E-state index in [9.17, 15) is 9.90 Å². The Balaban J connectivity index is 1.77. The number of carbonyl (C=O) groups excluding carboxylic acids is 1. The minimum atomic E-state index is -0.532. The summed E-state index contributed by atoms with van der Waals surface area (Å²) < 4.78 is 5.33. The van der Waals surface area contributed by atoms with Crippen LogP contribution in [0.2, 0.25) is 0 Å². The van der Waals surface area contributed by atoms with Gasteiger partial charge in [-0.3, -0.25) is 4.79 Å². The predicted molar refractivity (Wildman–Crippen MR) is 96.1 cm³/mol. The lowest BCUT2D eigenvalue weighted by Gasteiger charge is -2.36. The van der Waals surface area contributed by atoms with Crippen molar-refractivity contribution in [3.8, 4) is 5.75 Å². The second-order valence-electron chi connectivity index (χ2n) is 6.39. The molecule has 4 nitrogen and oxygen atoms in total. The Kier molecular flexibility index (Phi) is 4.92. The SMILES string of the molecule is COc1ccc(C)cc1C(=O)N1CC[C@@H](c2sccc2C)[C@H](O)C1. The maximum Gasteiger partial charge on any atom is 0.257 e. The van der Waals surface area contributed by atoms with Crippen molar-refractivity contribution in [2.75, 3.05) is 20.2 Å². The van der Waals surface area contributed by atoms with E-state index in [1.165, 1.54) is 10.4 Å². The molecule has 1 aliphatic heterocycles. The predicted octanol–water partition coefficient (Wildman–Crippen LogP) is 3.36. The smallest absolute Gasteiger partial charge is 0.257 e. The van der Waals surface area contributed by atoms with Crippen LogP contribution >= 0.6 is 11.3 Å². The van der Waals surface area contributed by atoms with Crippen LogP contribution in [0.1, 0.15) is 38.7 Å². The third-order valence-electron chi connectivity index (χ3n) is 4.69. The lowest BCUT2D eigenvalue weighted by atomic mass is 9.90. The van der Waals surface area contributed by atoms with E-state index in [2.05, 4.69) is 18.4 Å². The Hall–Kier alpha value is -1.85. The fourth-order valence-corrected chi connectivity index (χ4v) is 4.47. The molecule has 1 aromatic carbocycles. The van der Waals surface area contributed by atoms with Crippen LogP contribution in [-0.4, -0.2) is 42.2 Å². The maximum absolute atomic E-state index is 12.9. The van der Waals surface area contributed by atoms with Gasteiger partial charge in [0.05, 0.1) is 18.8 Å². The number of hydrogen-bond acceptors (Lipinski definition) is 4. The first-order valence-electron chi connectivity index (χ1n) is 8.17. The van der Waals surface area contributed by atoms with Crippen LogP contribution in [0.25, 0.3) is 0 Å². The van der Waals surface area contributed by atoms with Crippen LogP contribution in [0.4, 0.5) is 0 Å². The minimum absolute atomic E-state index is 0.0732. The number of likely N-dealkylation sites (tertiary alicyclic amines) is 1. The minimum Gasteiger partial charge on any atom is -0.496 e. The van der Waals surface area contributed by atoms with Crippen LogP contribution in [-0.2, 0) is 0 Å². The van der Waals surface area contributed by atoms with Crippen molar-refractivity contribution in [3.63, 3.8) is 0 Å². The van der Waals surface area contributed by atoms with Gasteiger partial charge in [0.15, 0.2) is 0 Å². The van der Waals surface area contributed by atoms with Gasteiger partial charge >= 0.3 is 0 Å². The number of hydrogen-bond donors (Lipinski definition) is 1. The number of rotatable bonds is 3. The molecule has 0 unspecified atom stereocenters. The van der Waals surface area contributed by atoms with E-state index in [0.717, 1.165) is 12.0 Å². The van der Waals surface area contributed by atoms with Crippen molar-refractivity contribution < 1.29 is 14.6 Å². The summed E-state index contributed by atoms with van der Waals surface area (Å²) in [5, 5.41) is 12.7. The summed E-state index contributed by atoms with van der Waals surface area (Å²) in [4.78, 5) is 15.9. The molecule has 1 N–H and O–H groups in total. The van der Waals surface area contributed by atoms with Gasteiger partial charge in [0.25, 0.3) is 5.91 Å². The van der Waals surface area contributed by atoms with Gasteiger partial charge in [-0.2, -0.15) is 0 Å². The van der Waals surface area contributed by atoms with Crippen molar-refractivity contribution in [1.29, 1.82) is 0 Å². The standard InChI is InChI=1S/C19H23NO3S/c1-12-4-5-17(23-3)15(10-12)19(22)20-8-6-14(16(21)11-20)18-13(2)7-9-24-18/h4-5,7,9-10,14,16,21H,6,8,11H2,1-3H3/t14-,16-/m1/s1. The second-order valence-corrected chi connectivity index (χ2v) is 7.33. The highest BCUT2D eigenvalue weighted by Gasteiger charge is 2.33. The number of aliphatic hydroxyl groups is 1. The Bertz CT molecular complexity index is 740. The molecule has 1 fully saturated rings. The van der Waals surface area contributed by atoms with E-state index < -0.39 is 6.10 Å². The number of piperidine rings is 1. The summed E-state index contributed by atoms with van der Waals surface area (Å²) in [5.41, 5.74) is 2.81. The summed E-state index contributed by atoms with van der Waals surface area (Å²) in [6, 6.07) is 7.68. The first-order valence-corrected chi connectivity index (χ1v) is 9.05. The number of carbonyl (C=O) groups is 1. The lowest BCUT2D eigenvalue weighted by molar-refractivity contribution is 0.0384. The number of nitrogens with zero attached hydrogens (tertiary/aromatic N) is 1. The van der Waals surface area contributed by atoms with Gasteiger partial charge in [-0.25, -0.2) is 0 Å². The summed E-state index contributed by atoms with van der Waals surface area (Å²) >= 11 is 1.69. The summed E-state index contributed by atoms with van der Waals surface area (Å²) in [7, 11) is 1.57. The first-order chi connectivity index (χ1) is 11.5. The van der Waals surface area contributed by atoms with E-state index >= 15 is 0 Å². The molecular formula is C19H23NO3S. The van der Waals surface area contributed by atoms with Crippen LogP contribution in [0.15, 0.2) is 29.6 Å². The Morgan fingerprint density at radius 2 is 2.12 bits per heavy atom. The summed E-state index contributed by atoms with van der Waals surface area (Å²) in [6.07, 6.45) is 0.249. The molecule has 1 aromatic heterocycles. The largest absolute Gasteiger partial charge is 0.496 e. The third kappa shape index (κ3) is 3.19. The number of amides is 1. The fraction of sp³-hybridized carbons (Fsp3) is 0.421. The Morgan fingerprint density at radius 3 is 2.75 bits per heavy atom. The molecule has 0 radical (unpaired) electrons. The van der Waals surface area contributed by atoms with Gasteiger partial charge in [0, 0.05) is 23.9 Å². The molecule has 0 bridgehead atoms. The van der Waals surface area contributed by atoms with Crippen molar-refractivity contribution in [1.82, 2.24) is 4.90 Å². The Labute approximate surface area is 146 Å². The van der Waals surface area contributed by atoms with E-state index in [4.69, 9.17) is 4.74 Å². The van der Waals surface area contributed by atoms with E-state index in [0.29, 0.717) is 24.4 Å². The van der Waals surface area contributed by atoms with Crippen molar-refractivity contribution in [3.05, 3.63) is 51.2 Å². The molecular weight excluding hydrogens is 322 g/mol. The highest BCUT2D eigenvalue weighted by Crippen LogP contribution is 2.35. The molecule has 128 valence electrons. The molecule has 3 rings (SSSR count). The average Bonchev–Trinajstić information content (AvgIpc) is 3.00. The zero-order valence-electron chi connectivity index (χ0n) is 14.3. The molecule has 1 aliphatic rings. The molecule has 1 amide bonds. The number of β-amino-alcohol motifs (C(OH)–C–C–N with tert-alkyl or cyclic N) is 1. The monoisotopic (exact) mass is 345 g/mol. The van der Waals surface area contributed by atoms with Crippen molar-refractivity contribution >= 4 is 17.2 Å². The third-order valence-corrected chi connectivity index (χ3v) is 5.84. The molecule has 2 atom stereocenters. The molecule has 0 spiro atoms.